The van der Waals surface area contributed by atoms with Crippen LogP contribution in [0.25, 0.3) is 10.9 Å². The van der Waals surface area contributed by atoms with E-state index in [1.807, 2.05) is 37.3 Å². The topological polar surface area (TPSA) is 120 Å². The first-order chi connectivity index (χ1) is 12.9. The number of para-hydroxylation sites is 1. The molecule has 1 aromatic carbocycles. The second-order valence-corrected chi connectivity index (χ2v) is 6.32. The zero-order valence-electron chi connectivity index (χ0n) is 15.1. The number of carboxylic acids is 2. The smallest absolute Gasteiger partial charge is 0.414 e. The molecule has 0 bridgehead atoms. The number of carbonyl (C=O) groups is 3. The quantitative estimate of drug-likeness (QED) is 0.705. The Bertz CT molecular complexity index is 819. The average molecular weight is 373 g/mol. The number of aromatic nitrogens is 1. The number of carboxylic acid groups (broad SMARTS) is 2. The van der Waals surface area contributed by atoms with E-state index in [4.69, 9.17) is 19.8 Å². The highest BCUT2D eigenvalue weighted by Crippen LogP contribution is 2.23. The van der Waals surface area contributed by atoms with Crippen LogP contribution in [0.2, 0.25) is 0 Å². The number of rotatable bonds is 3. The maximum atomic E-state index is 12.3. The molecular formula is C19H23N3O5. The van der Waals surface area contributed by atoms with Gasteiger partial charge in [0.25, 0.3) is 0 Å². The molecule has 3 N–H and O–H groups in total. The Hall–Kier alpha value is -3.00. The zero-order valence-corrected chi connectivity index (χ0v) is 15.1. The van der Waals surface area contributed by atoms with Crippen LogP contribution in [0.4, 0.5) is 5.69 Å². The Labute approximate surface area is 156 Å². The van der Waals surface area contributed by atoms with Gasteiger partial charge in [-0.05, 0) is 45.0 Å². The first-order valence-corrected chi connectivity index (χ1v) is 8.71. The number of hydrogen-bond donors (Lipinski definition) is 3. The van der Waals surface area contributed by atoms with Gasteiger partial charge < -0.3 is 15.5 Å². The summed E-state index contributed by atoms with van der Waals surface area (Å²) in [5.74, 6) is -3.59. The minimum atomic E-state index is -1.82. The predicted octanol–water partition coefficient (Wildman–Crippen LogP) is 2.12. The minimum Gasteiger partial charge on any atom is -0.473 e. The van der Waals surface area contributed by atoms with Gasteiger partial charge >= 0.3 is 11.9 Å². The molecule has 0 aliphatic carbocycles. The Balaban J connectivity index is 0.000000380. The van der Waals surface area contributed by atoms with E-state index in [1.54, 1.807) is 0 Å². The van der Waals surface area contributed by atoms with E-state index in [1.165, 1.54) is 19.3 Å². The lowest BCUT2D eigenvalue weighted by molar-refractivity contribution is -0.159. The molecule has 3 rings (SSSR count). The van der Waals surface area contributed by atoms with Crippen molar-refractivity contribution in [2.45, 2.75) is 26.2 Å². The molecule has 1 aliphatic rings. The van der Waals surface area contributed by atoms with Crippen LogP contribution in [0.5, 0.6) is 0 Å². The van der Waals surface area contributed by atoms with Crippen LogP contribution in [0, 0.1) is 6.92 Å². The molecule has 2 aromatic rings. The number of aliphatic carboxylic acids is 2. The number of benzene rings is 1. The lowest BCUT2D eigenvalue weighted by Crippen LogP contribution is -2.36. The van der Waals surface area contributed by atoms with Gasteiger partial charge in [0, 0.05) is 11.1 Å². The minimum absolute atomic E-state index is 0.0626. The number of nitrogens with zero attached hydrogens (tertiary/aromatic N) is 2. The van der Waals surface area contributed by atoms with Gasteiger partial charge in [-0.3, -0.25) is 14.7 Å². The summed E-state index contributed by atoms with van der Waals surface area (Å²) in [4.78, 5) is 37.2. The maximum absolute atomic E-state index is 12.3. The molecule has 1 aromatic heterocycles. The van der Waals surface area contributed by atoms with Crippen molar-refractivity contribution in [1.82, 2.24) is 9.88 Å². The molecule has 2 heterocycles. The third-order valence-electron chi connectivity index (χ3n) is 4.12. The van der Waals surface area contributed by atoms with E-state index >= 15 is 0 Å². The number of nitrogens with one attached hydrogen (secondary N) is 1. The predicted molar refractivity (Wildman–Crippen MR) is 101 cm³/mol. The Morgan fingerprint density at radius 1 is 1.07 bits per heavy atom. The maximum Gasteiger partial charge on any atom is 0.414 e. The number of likely N-dealkylation sites (tertiary alicyclic amines) is 1. The number of anilines is 1. The van der Waals surface area contributed by atoms with Gasteiger partial charge in [0.1, 0.15) is 0 Å². The molecule has 144 valence electrons. The average Bonchev–Trinajstić information content (AvgIpc) is 2.62. The fourth-order valence-corrected chi connectivity index (χ4v) is 2.92. The van der Waals surface area contributed by atoms with Crippen LogP contribution in [-0.2, 0) is 14.4 Å². The van der Waals surface area contributed by atoms with Crippen molar-refractivity contribution >= 4 is 34.4 Å². The summed E-state index contributed by atoms with van der Waals surface area (Å²) in [7, 11) is 0. The van der Waals surface area contributed by atoms with Gasteiger partial charge in [-0.25, -0.2) is 9.59 Å². The van der Waals surface area contributed by atoms with E-state index in [0.717, 1.165) is 35.4 Å². The summed E-state index contributed by atoms with van der Waals surface area (Å²) in [5, 5.41) is 18.8. The van der Waals surface area contributed by atoms with Crippen molar-refractivity contribution in [2.75, 3.05) is 25.0 Å². The lowest BCUT2D eigenvalue weighted by Gasteiger charge is -2.25. The fraction of sp³-hybridized carbons (Fsp3) is 0.368. The molecule has 1 amide bonds. The number of carbonyl (C=O) groups excluding carboxylic acids is 1. The SMILES string of the molecule is Cc1cc(NC(=O)CN2CCCCC2)c2ccccc2n1.O=C(O)C(=O)O. The highest BCUT2D eigenvalue weighted by Gasteiger charge is 2.15. The normalized spacial score (nSPS) is 14.1. The largest absolute Gasteiger partial charge is 0.473 e. The fourth-order valence-electron chi connectivity index (χ4n) is 2.92. The first-order valence-electron chi connectivity index (χ1n) is 8.71. The summed E-state index contributed by atoms with van der Waals surface area (Å²) >= 11 is 0. The molecule has 1 fully saturated rings. The summed E-state index contributed by atoms with van der Waals surface area (Å²) in [6.45, 7) is 4.50. The van der Waals surface area contributed by atoms with E-state index in [0.29, 0.717) is 6.54 Å². The Morgan fingerprint density at radius 3 is 2.33 bits per heavy atom. The molecule has 0 spiro atoms. The number of aryl methyl sites for hydroxylation is 1. The van der Waals surface area contributed by atoms with Gasteiger partial charge in [0.05, 0.1) is 17.7 Å². The summed E-state index contributed by atoms with van der Waals surface area (Å²) < 4.78 is 0. The standard InChI is InChI=1S/C17H21N3O.C2H2O4/c1-13-11-16(14-7-3-4-8-15(14)18-13)19-17(21)12-20-9-5-2-6-10-20;3-1(4)2(5)6/h3-4,7-8,11H,2,5-6,9-10,12H2,1H3,(H,18,19,21);(H,3,4)(H,5,6). The van der Waals surface area contributed by atoms with Gasteiger partial charge in [-0.2, -0.15) is 0 Å². The van der Waals surface area contributed by atoms with Crippen LogP contribution in [-0.4, -0.2) is 57.6 Å². The second-order valence-electron chi connectivity index (χ2n) is 6.32. The molecule has 27 heavy (non-hydrogen) atoms. The Kier molecular flexibility index (Phi) is 7.25. The summed E-state index contributed by atoms with van der Waals surface area (Å²) in [5.41, 5.74) is 2.70. The van der Waals surface area contributed by atoms with Crippen molar-refractivity contribution in [3.8, 4) is 0 Å². The van der Waals surface area contributed by atoms with E-state index in [-0.39, 0.29) is 5.91 Å². The van der Waals surface area contributed by atoms with Crippen LogP contribution in [0.15, 0.2) is 30.3 Å². The number of hydrogen-bond acceptors (Lipinski definition) is 5. The van der Waals surface area contributed by atoms with Crippen molar-refractivity contribution in [3.63, 3.8) is 0 Å². The van der Waals surface area contributed by atoms with E-state index < -0.39 is 11.9 Å². The Morgan fingerprint density at radius 2 is 1.70 bits per heavy atom. The van der Waals surface area contributed by atoms with Crippen LogP contribution >= 0.6 is 0 Å². The molecule has 8 nitrogen and oxygen atoms in total. The third-order valence-corrected chi connectivity index (χ3v) is 4.12. The van der Waals surface area contributed by atoms with Gasteiger partial charge in [-0.15, -0.1) is 0 Å². The van der Waals surface area contributed by atoms with Crippen molar-refractivity contribution in [2.24, 2.45) is 0 Å². The van der Waals surface area contributed by atoms with Gasteiger partial charge in [0.15, 0.2) is 0 Å². The third kappa shape index (κ3) is 6.34. The summed E-state index contributed by atoms with van der Waals surface area (Å²) in [6.07, 6.45) is 3.68. The van der Waals surface area contributed by atoms with E-state index in [2.05, 4.69) is 15.2 Å². The molecule has 0 saturated carbocycles. The highest BCUT2D eigenvalue weighted by atomic mass is 16.4. The molecular weight excluding hydrogens is 350 g/mol. The highest BCUT2D eigenvalue weighted by molar-refractivity contribution is 6.27. The van der Waals surface area contributed by atoms with Crippen LogP contribution in [0.1, 0.15) is 25.0 Å². The number of fused-ring (bicyclic) bond motifs is 1. The van der Waals surface area contributed by atoms with Crippen molar-refractivity contribution in [1.29, 1.82) is 0 Å². The molecule has 1 saturated heterocycles. The van der Waals surface area contributed by atoms with E-state index in [9.17, 15) is 4.79 Å². The molecule has 1 aliphatic heterocycles. The van der Waals surface area contributed by atoms with Gasteiger partial charge in [-0.1, -0.05) is 24.6 Å². The molecule has 0 radical (unpaired) electrons. The summed E-state index contributed by atoms with van der Waals surface area (Å²) in [6, 6.07) is 9.85. The number of pyridine rings is 1. The van der Waals surface area contributed by atoms with Crippen molar-refractivity contribution < 1.29 is 24.6 Å². The lowest BCUT2D eigenvalue weighted by atomic mass is 10.1. The van der Waals surface area contributed by atoms with Gasteiger partial charge in [0.2, 0.25) is 5.91 Å². The first kappa shape index (κ1) is 20.3. The molecule has 8 heteroatoms. The number of amides is 1. The van der Waals surface area contributed by atoms with Crippen molar-refractivity contribution in [3.05, 3.63) is 36.0 Å². The van der Waals surface area contributed by atoms with Crippen LogP contribution < -0.4 is 5.32 Å². The van der Waals surface area contributed by atoms with Crippen LogP contribution in [0.3, 0.4) is 0 Å². The second kappa shape index (κ2) is 9.63. The molecule has 0 atom stereocenters. The monoisotopic (exact) mass is 373 g/mol. The number of piperidine rings is 1. The zero-order chi connectivity index (χ0) is 19.8. The molecule has 0 unspecified atom stereocenters.